The first-order valence-electron chi connectivity index (χ1n) is 8.40. The molecule has 1 fully saturated rings. The van der Waals surface area contributed by atoms with Gasteiger partial charge < -0.3 is 10.0 Å². The van der Waals surface area contributed by atoms with Gasteiger partial charge in [-0.1, -0.05) is 23.7 Å². The predicted octanol–water partition coefficient (Wildman–Crippen LogP) is 3.75. The van der Waals surface area contributed by atoms with Gasteiger partial charge in [0.05, 0.1) is 16.8 Å². The van der Waals surface area contributed by atoms with Crippen molar-refractivity contribution in [2.45, 2.75) is 11.0 Å². The highest BCUT2D eigenvalue weighted by Crippen LogP contribution is 2.26. The predicted molar refractivity (Wildman–Crippen MR) is 103 cm³/mol. The summed E-state index contributed by atoms with van der Waals surface area (Å²) in [5, 5.41) is 11.1. The third-order valence-corrected chi connectivity index (χ3v) is 5.77. The normalized spacial score (nSPS) is 16.8. The molecule has 0 saturated carbocycles. The van der Waals surface area contributed by atoms with Crippen LogP contribution in [0.15, 0.2) is 53.4 Å². The molecule has 2 aromatic carbocycles. The highest BCUT2D eigenvalue weighted by atomic mass is 35.5. The summed E-state index contributed by atoms with van der Waals surface area (Å²) in [5.41, 5.74) is 1.08. The topological polar surface area (TPSA) is 26.7 Å². The zero-order valence-electron chi connectivity index (χ0n) is 13.9. The minimum Gasteiger partial charge on any atom is -0.391 e. The Morgan fingerprint density at radius 3 is 2.40 bits per heavy atom. The fourth-order valence-corrected chi connectivity index (χ4v) is 4.03. The minimum atomic E-state index is -0.401. The third kappa shape index (κ3) is 5.35. The number of hydrogen-bond donors (Lipinski definition) is 1. The van der Waals surface area contributed by atoms with E-state index in [0.29, 0.717) is 12.3 Å². The van der Waals surface area contributed by atoms with Gasteiger partial charge in [-0.25, -0.2) is 4.39 Å². The summed E-state index contributed by atoms with van der Waals surface area (Å²) in [4.78, 5) is 5.55. The maximum Gasteiger partial charge on any atom is 0.123 e. The van der Waals surface area contributed by atoms with Crippen molar-refractivity contribution in [2.75, 3.05) is 43.4 Å². The van der Waals surface area contributed by atoms with Crippen molar-refractivity contribution in [1.82, 2.24) is 4.90 Å². The zero-order chi connectivity index (χ0) is 17.6. The lowest BCUT2D eigenvalue weighted by Crippen LogP contribution is -2.49. The number of thioether (sulfide) groups is 1. The van der Waals surface area contributed by atoms with Gasteiger partial charge in [0, 0.05) is 43.4 Å². The molecular formula is C19H22ClFN2OS. The Kier molecular flexibility index (Phi) is 6.59. The van der Waals surface area contributed by atoms with E-state index < -0.39 is 6.10 Å². The summed E-state index contributed by atoms with van der Waals surface area (Å²) in [6, 6.07) is 14.3. The summed E-state index contributed by atoms with van der Waals surface area (Å²) >= 11 is 7.82. The van der Waals surface area contributed by atoms with Crippen molar-refractivity contribution < 1.29 is 9.50 Å². The summed E-state index contributed by atoms with van der Waals surface area (Å²) < 4.78 is 12.9. The molecule has 0 radical (unpaired) electrons. The number of aliphatic hydroxyl groups excluding tert-OH is 1. The lowest BCUT2D eigenvalue weighted by atomic mass is 10.2. The van der Waals surface area contributed by atoms with Crippen molar-refractivity contribution in [2.24, 2.45) is 0 Å². The van der Waals surface area contributed by atoms with Crippen molar-refractivity contribution in [3.05, 3.63) is 59.4 Å². The van der Waals surface area contributed by atoms with E-state index in [1.807, 2.05) is 24.3 Å². The Labute approximate surface area is 157 Å². The standard InChI is InChI=1S/C19H22ClFN2OS/c20-18-3-1-2-4-19(18)23-11-9-22(10-12-23)13-16(24)14-25-17-7-5-15(21)6-8-17/h1-8,16,24H,9-14H2. The molecule has 0 amide bonds. The van der Waals surface area contributed by atoms with Gasteiger partial charge in [0.1, 0.15) is 5.82 Å². The van der Waals surface area contributed by atoms with Crippen LogP contribution in [0.3, 0.4) is 0 Å². The SMILES string of the molecule is OC(CSc1ccc(F)cc1)CN1CCN(c2ccccc2Cl)CC1. The Morgan fingerprint density at radius 2 is 1.72 bits per heavy atom. The van der Waals surface area contributed by atoms with Crippen LogP contribution in [0, 0.1) is 5.82 Å². The van der Waals surface area contributed by atoms with Crippen LogP contribution in [0.4, 0.5) is 10.1 Å². The van der Waals surface area contributed by atoms with Gasteiger partial charge in [-0.05, 0) is 36.4 Å². The fraction of sp³-hybridized carbons (Fsp3) is 0.368. The van der Waals surface area contributed by atoms with Gasteiger partial charge in [0.2, 0.25) is 0 Å². The summed E-state index contributed by atoms with van der Waals surface area (Å²) in [5.74, 6) is 0.373. The molecule has 3 nitrogen and oxygen atoms in total. The number of β-amino-alcohol motifs (C(OH)–C–C–N with tert-alkyl or cyclic N) is 1. The molecule has 1 aliphatic heterocycles. The van der Waals surface area contributed by atoms with Gasteiger partial charge in [0.15, 0.2) is 0 Å². The Balaban J connectivity index is 1.42. The van der Waals surface area contributed by atoms with Crippen molar-refractivity contribution in [3.8, 4) is 0 Å². The van der Waals surface area contributed by atoms with Crippen LogP contribution in [0.5, 0.6) is 0 Å². The molecule has 1 unspecified atom stereocenters. The van der Waals surface area contributed by atoms with Crippen molar-refractivity contribution in [1.29, 1.82) is 0 Å². The number of nitrogens with zero attached hydrogens (tertiary/aromatic N) is 2. The van der Waals surface area contributed by atoms with E-state index in [0.717, 1.165) is 41.8 Å². The molecule has 0 bridgehead atoms. The lowest BCUT2D eigenvalue weighted by Gasteiger charge is -2.37. The number of hydrogen-bond acceptors (Lipinski definition) is 4. The van der Waals surface area contributed by atoms with E-state index in [2.05, 4.69) is 9.80 Å². The van der Waals surface area contributed by atoms with Crippen LogP contribution >= 0.6 is 23.4 Å². The third-order valence-electron chi connectivity index (χ3n) is 4.29. The number of rotatable bonds is 6. The molecule has 1 N–H and O–H groups in total. The second-order valence-electron chi connectivity index (χ2n) is 6.16. The molecule has 0 aliphatic carbocycles. The molecule has 1 aliphatic rings. The van der Waals surface area contributed by atoms with Crippen molar-refractivity contribution >= 4 is 29.1 Å². The van der Waals surface area contributed by atoms with Gasteiger partial charge in [-0.2, -0.15) is 0 Å². The van der Waals surface area contributed by atoms with E-state index in [1.54, 1.807) is 23.9 Å². The Bertz CT molecular complexity index is 677. The van der Waals surface area contributed by atoms with E-state index in [-0.39, 0.29) is 5.82 Å². The first kappa shape index (κ1) is 18.5. The van der Waals surface area contributed by atoms with E-state index in [4.69, 9.17) is 11.6 Å². The van der Waals surface area contributed by atoms with Crippen LogP contribution in [0.1, 0.15) is 0 Å². The molecule has 1 saturated heterocycles. The van der Waals surface area contributed by atoms with Gasteiger partial charge in [0.25, 0.3) is 0 Å². The Hall–Kier alpha value is -1.27. The van der Waals surface area contributed by atoms with E-state index in [9.17, 15) is 9.50 Å². The van der Waals surface area contributed by atoms with E-state index in [1.165, 1.54) is 12.1 Å². The monoisotopic (exact) mass is 380 g/mol. The second-order valence-corrected chi connectivity index (χ2v) is 7.66. The van der Waals surface area contributed by atoms with Crippen LogP contribution < -0.4 is 4.90 Å². The van der Waals surface area contributed by atoms with Crippen LogP contribution in [-0.2, 0) is 0 Å². The largest absolute Gasteiger partial charge is 0.391 e. The van der Waals surface area contributed by atoms with Crippen molar-refractivity contribution in [3.63, 3.8) is 0 Å². The maximum absolute atomic E-state index is 12.9. The number of para-hydroxylation sites is 1. The van der Waals surface area contributed by atoms with Gasteiger partial charge >= 0.3 is 0 Å². The fourth-order valence-electron chi connectivity index (χ4n) is 2.95. The summed E-state index contributed by atoms with van der Waals surface area (Å²) in [7, 11) is 0. The first-order chi connectivity index (χ1) is 12.1. The molecule has 0 aromatic heterocycles. The maximum atomic E-state index is 12.9. The minimum absolute atomic E-state index is 0.235. The van der Waals surface area contributed by atoms with E-state index >= 15 is 0 Å². The molecular weight excluding hydrogens is 359 g/mol. The quantitative estimate of drug-likeness (QED) is 0.772. The number of benzene rings is 2. The molecule has 6 heteroatoms. The van der Waals surface area contributed by atoms with Crippen LogP contribution in [0.25, 0.3) is 0 Å². The molecule has 1 heterocycles. The Morgan fingerprint density at radius 1 is 1.04 bits per heavy atom. The zero-order valence-corrected chi connectivity index (χ0v) is 15.5. The molecule has 134 valence electrons. The second kappa shape index (κ2) is 8.90. The summed E-state index contributed by atoms with van der Waals surface area (Å²) in [6.45, 7) is 4.28. The number of halogens is 2. The van der Waals surface area contributed by atoms with Crippen LogP contribution in [0.2, 0.25) is 5.02 Å². The highest BCUT2D eigenvalue weighted by molar-refractivity contribution is 7.99. The van der Waals surface area contributed by atoms with Gasteiger partial charge in [-0.3, -0.25) is 4.90 Å². The number of anilines is 1. The molecule has 25 heavy (non-hydrogen) atoms. The smallest absolute Gasteiger partial charge is 0.123 e. The molecule has 0 spiro atoms. The molecule has 3 rings (SSSR count). The molecule has 1 atom stereocenters. The van der Waals surface area contributed by atoms with Crippen LogP contribution in [-0.4, -0.2) is 54.6 Å². The average Bonchev–Trinajstić information content (AvgIpc) is 2.62. The van der Waals surface area contributed by atoms with Gasteiger partial charge in [-0.15, -0.1) is 11.8 Å². The average molecular weight is 381 g/mol. The lowest BCUT2D eigenvalue weighted by molar-refractivity contribution is 0.126. The highest BCUT2D eigenvalue weighted by Gasteiger charge is 2.20. The summed E-state index contributed by atoms with van der Waals surface area (Å²) in [6.07, 6.45) is -0.401. The number of piperazine rings is 1. The first-order valence-corrected chi connectivity index (χ1v) is 9.76. The molecule has 2 aromatic rings. The number of aliphatic hydroxyl groups is 1.